The van der Waals surface area contributed by atoms with Gasteiger partial charge in [-0.1, -0.05) is 41.4 Å². The van der Waals surface area contributed by atoms with E-state index in [0.717, 1.165) is 11.1 Å². The zero-order valence-corrected chi connectivity index (χ0v) is 18.8. The van der Waals surface area contributed by atoms with Crippen molar-refractivity contribution in [3.63, 3.8) is 0 Å². The van der Waals surface area contributed by atoms with E-state index in [2.05, 4.69) is 5.32 Å². The van der Waals surface area contributed by atoms with Crippen LogP contribution in [-0.4, -0.2) is 30.8 Å². The number of hydrogen-bond acceptors (Lipinski definition) is 5. The van der Waals surface area contributed by atoms with Crippen LogP contribution < -0.4 is 10.1 Å². The van der Waals surface area contributed by atoms with Crippen LogP contribution in [0.1, 0.15) is 31.9 Å². The Kier molecular flexibility index (Phi) is 8.38. The molecule has 2 aromatic rings. The Morgan fingerprint density at radius 1 is 1.07 bits per heavy atom. The van der Waals surface area contributed by atoms with E-state index in [1.54, 1.807) is 45.0 Å². The summed E-state index contributed by atoms with van der Waals surface area (Å²) in [5.41, 5.74) is 0.965. The number of esters is 1. The predicted octanol–water partition coefficient (Wildman–Crippen LogP) is 5.18. The van der Waals surface area contributed by atoms with Crippen LogP contribution in [0.25, 0.3) is 0 Å². The average molecular weight is 454 g/mol. The van der Waals surface area contributed by atoms with Crippen LogP contribution in [0.15, 0.2) is 42.5 Å². The molecule has 30 heavy (non-hydrogen) atoms. The number of hydrogen-bond donors (Lipinski definition) is 1. The molecule has 8 heteroatoms. The van der Waals surface area contributed by atoms with Gasteiger partial charge in [0.2, 0.25) is 0 Å². The Balaban J connectivity index is 1.98. The molecular formula is C22H25Cl2NO5. The van der Waals surface area contributed by atoms with Crippen LogP contribution >= 0.6 is 23.2 Å². The number of amides is 1. The van der Waals surface area contributed by atoms with Gasteiger partial charge in [0.05, 0.1) is 7.11 Å². The average Bonchev–Trinajstić information content (AvgIpc) is 2.66. The number of alkyl carbamates (subject to hydrolysis) is 1. The molecule has 0 bridgehead atoms. The smallest absolute Gasteiger partial charge is 0.408 e. The molecule has 0 aliphatic rings. The summed E-state index contributed by atoms with van der Waals surface area (Å²) in [7, 11) is 1.27. The summed E-state index contributed by atoms with van der Waals surface area (Å²) < 4.78 is 15.8. The maximum absolute atomic E-state index is 12.1. The molecule has 0 unspecified atom stereocenters. The molecule has 0 fully saturated rings. The maximum Gasteiger partial charge on any atom is 0.408 e. The lowest BCUT2D eigenvalue weighted by Gasteiger charge is -2.22. The number of halogens is 2. The van der Waals surface area contributed by atoms with Crippen molar-refractivity contribution in [1.29, 1.82) is 0 Å². The minimum absolute atomic E-state index is 0.245. The van der Waals surface area contributed by atoms with Crippen molar-refractivity contribution in [2.24, 2.45) is 0 Å². The first-order chi connectivity index (χ1) is 14.1. The van der Waals surface area contributed by atoms with Crippen molar-refractivity contribution in [1.82, 2.24) is 5.32 Å². The molecule has 6 nitrogen and oxygen atoms in total. The zero-order chi connectivity index (χ0) is 22.3. The molecule has 0 radical (unpaired) electrons. The quantitative estimate of drug-likeness (QED) is 0.584. The van der Waals surface area contributed by atoms with E-state index in [9.17, 15) is 9.59 Å². The summed E-state index contributed by atoms with van der Waals surface area (Å²) in [5.74, 6) is 0.0815. The van der Waals surface area contributed by atoms with Gasteiger partial charge in [0, 0.05) is 22.0 Å². The van der Waals surface area contributed by atoms with Crippen molar-refractivity contribution < 1.29 is 23.8 Å². The molecule has 1 atom stereocenters. The lowest BCUT2D eigenvalue weighted by atomic mass is 10.1. The predicted molar refractivity (Wildman–Crippen MR) is 116 cm³/mol. The van der Waals surface area contributed by atoms with E-state index >= 15 is 0 Å². The second kappa shape index (κ2) is 10.5. The van der Waals surface area contributed by atoms with Crippen molar-refractivity contribution in [3.8, 4) is 5.75 Å². The minimum Gasteiger partial charge on any atom is -0.489 e. The van der Waals surface area contributed by atoms with Crippen LogP contribution in [0.3, 0.4) is 0 Å². The standard InChI is InChI=1S/C22H25Cl2NO5/c1-22(2,3)30-21(27)25-19(20(26)28-4)11-14-5-9-17(10-6-14)29-13-15-7-8-16(23)12-18(15)24/h5-10,12,19H,11,13H2,1-4H3,(H,25,27)/t19-/m0/s1. The topological polar surface area (TPSA) is 73.9 Å². The molecule has 1 amide bonds. The molecule has 0 saturated carbocycles. The fourth-order valence-electron chi connectivity index (χ4n) is 2.54. The van der Waals surface area contributed by atoms with Crippen molar-refractivity contribution in [2.75, 3.05) is 7.11 Å². The number of ether oxygens (including phenoxy) is 3. The highest BCUT2D eigenvalue weighted by atomic mass is 35.5. The SMILES string of the molecule is COC(=O)[C@H](Cc1ccc(OCc2ccc(Cl)cc2Cl)cc1)NC(=O)OC(C)(C)C. The second-order valence-electron chi connectivity index (χ2n) is 7.59. The van der Waals surface area contributed by atoms with Gasteiger partial charge in [-0.3, -0.25) is 0 Å². The zero-order valence-electron chi connectivity index (χ0n) is 17.3. The number of benzene rings is 2. The van der Waals surface area contributed by atoms with E-state index in [0.29, 0.717) is 22.4 Å². The third-order valence-corrected chi connectivity index (χ3v) is 4.54. The minimum atomic E-state index is -0.871. The number of methoxy groups -OCH3 is 1. The van der Waals surface area contributed by atoms with E-state index in [1.165, 1.54) is 7.11 Å². The molecule has 162 valence electrons. The Morgan fingerprint density at radius 3 is 2.30 bits per heavy atom. The molecule has 0 spiro atoms. The molecule has 0 aliphatic carbocycles. The summed E-state index contributed by atoms with van der Waals surface area (Å²) in [4.78, 5) is 24.1. The number of carbonyl (C=O) groups is 2. The fraction of sp³-hybridized carbons (Fsp3) is 0.364. The number of carbonyl (C=O) groups excluding carboxylic acids is 2. The molecule has 0 aromatic heterocycles. The maximum atomic E-state index is 12.1. The highest BCUT2D eigenvalue weighted by Crippen LogP contribution is 2.23. The molecular weight excluding hydrogens is 429 g/mol. The normalized spacial score (nSPS) is 12.1. The molecule has 0 heterocycles. The highest BCUT2D eigenvalue weighted by molar-refractivity contribution is 6.35. The summed E-state index contributed by atoms with van der Waals surface area (Å²) >= 11 is 12.0. The Bertz CT molecular complexity index is 878. The van der Waals surface area contributed by atoms with E-state index in [-0.39, 0.29) is 6.42 Å². The van der Waals surface area contributed by atoms with Gasteiger partial charge in [0.25, 0.3) is 0 Å². The molecule has 2 rings (SSSR count). The van der Waals surface area contributed by atoms with Gasteiger partial charge in [0.1, 0.15) is 24.0 Å². The fourth-order valence-corrected chi connectivity index (χ4v) is 3.01. The van der Waals surface area contributed by atoms with Crippen LogP contribution in [0.5, 0.6) is 5.75 Å². The summed E-state index contributed by atoms with van der Waals surface area (Å²) in [6, 6.07) is 11.5. The van der Waals surface area contributed by atoms with Crippen LogP contribution in [0.2, 0.25) is 10.0 Å². The largest absolute Gasteiger partial charge is 0.489 e. The Hall–Kier alpha value is -2.44. The van der Waals surface area contributed by atoms with Gasteiger partial charge in [-0.05, 0) is 50.6 Å². The third kappa shape index (κ3) is 7.76. The summed E-state index contributed by atoms with van der Waals surface area (Å²) in [6.07, 6.45) is -0.437. The monoisotopic (exact) mass is 453 g/mol. The van der Waals surface area contributed by atoms with E-state index < -0.39 is 23.7 Å². The van der Waals surface area contributed by atoms with Crippen molar-refractivity contribution >= 4 is 35.3 Å². The van der Waals surface area contributed by atoms with Gasteiger partial charge in [-0.2, -0.15) is 0 Å². The molecule has 1 N–H and O–H groups in total. The van der Waals surface area contributed by atoms with E-state index in [4.69, 9.17) is 37.4 Å². The van der Waals surface area contributed by atoms with Gasteiger partial charge in [-0.15, -0.1) is 0 Å². The van der Waals surface area contributed by atoms with Crippen LogP contribution in [0, 0.1) is 0 Å². The molecule has 0 saturated heterocycles. The third-order valence-electron chi connectivity index (χ3n) is 3.95. The Morgan fingerprint density at radius 2 is 1.73 bits per heavy atom. The number of rotatable bonds is 7. The lowest BCUT2D eigenvalue weighted by molar-refractivity contribution is -0.143. The van der Waals surface area contributed by atoms with Gasteiger partial charge >= 0.3 is 12.1 Å². The van der Waals surface area contributed by atoms with Gasteiger partial charge in [0.15, 0.2) is 0 Å². The first-order valence-corrected chi connectivity index (χ1v) is 10.1. The first kappa shape index (κ1) is 23.8. The van der Waals surface area contributed by atoms with Crippen molar-refractivity contribution in [2.45, 2.75) is 45.4 Å². The number of nitrogens with one attached hydrogen (secondary N) is 1. The Labute approximate surface area is 186 Å². The van der Waals surface area contributed by atoms with Crippen LogP contribution in [0.4, 0.5) is 4.79 Å². The summed E-state index contributed by atoms with van der Waals surface area (Å²) in [5, 5.41) is 3.65. The summed E-state index contributed by atoms with van der Waals surface area (Å²) in [6.45, 7) is 5.53. The van der Waals surface area contributed by atoms with Crippen molar-refractivity contribution in [3.05, 3.63) is 63.6 Å². The van der Waals surface area contributed by atoms with Crippen LogP contribution in [-0.2, 0) is 27.3 Å². The highest BCUT2D eigenvalue weighted by Gasteiger charge is 2.25. The lowest BCUT2D eigenvalue weighted by Crippen LogP contribution is -2.45. The second-order valence-corrected chi connectivity index (χ2v) is 8.44. The van der Waals surface area contributed by atoms with E-state index in [1.807, 2.05) is 18.2 Å². The van der Waals surface area contributed by atoms with Gasteiger partial charge in [-0.25, -0.2) is 9.59 Å². The molecule has 0 aliphatic heterocycles. The van der Waals surface area contributed by atoms with Gasteiger partial charge < -0.3 is 19.5 Å². The first-order valence-electron chi connectivity index (χ1n) is 9.30. The molecule has 2 aromatic carbocycles.